The summed E-state index contributed by atoms with van der Waals surface area (Å²) in [5, 5.41) is 17.3. The Morgan fingerprint density at radius 2 is 1.86 bits per heavy atom. The summed E-state index contributed by atoms with van der Waals surface area (Å²) in [4.78, 5) is 15.0. The van der Waals surface area contributed by atoms with Crippen LogP contribution in [0.3, 0.4) is 0 Å². The lowest BCUT2D eigenvalue weighted by Crippen LogP contribution is -2.29. The van der Waals surface area contributed by atoms with Crippen LogP contribution in [0.1, 0.15) is 46.0 Å². The molecule has 0 amide bonds. The minimum absolute atomic E-state index is 0.0669. The minimum atomic E-state index is -0.379. The van der Waals surface area contributed by atoms with E-state index in [1.54, 1.807) is 0 Å². The highest BCUT2D eigenvalue weighted by Crippen LogP contribution is 2.35. The van der Waals surface area contributed by atoms with Crippen LogP contribution in [0.25, 0.3) is 0 Å². The standard InChI is InChI=1S/C15H24N4O2/c1-3-16-13-9-12(19(20)21)10-14(18-13)17-11-15(2)7-5-4-6-8-15/h9-10H,3-8,11H2,1-2H3,(H2,16,17,18). The van der Waals surface area contributed by atoms with Crippen LogP contribution in [-0.2, 0) is 0 Å². The first-order chi connectivity index (χ1) is 10.0. The second-order valence-corrected chi connectivity index (χ2v) is 6.11. The molecule has 1 saturated carbocycles. The average Bonchev–Trinajstić information content (AvgIpc) is 2.46. The molecule has 0 spiro atoms. The minimum Gasteiger partial charge on any atom is -0.370 e. The van der Waals surface area contributed by atoms with Crippen LogP contribution in [0.15, 0.2) is 12.1 Å². The van der Waals surface area contributed by atoms with Gasteiger partial charge < -0.3 is 10.6 Å². The molecular formula is C15H24N4O2. The van der Waals surface area contributed by atoms with E-state index < -0.39 is 0 Å². The smallest absolute Gasteiger partial charge is 0.276 e. The third kappa shape index (κ3) is 4.31. The molecule has 0 saturated heterocycles. The molecule has 0 radical (unpaired) electrons. The van der Waals surface area contributed by atoms with Crippen LogP contribution in [0.5, 0.6) is 0 Å². The van der Waals surface area contributed by atoms with Crippen molar-refractivity contribution in [1.82, 2.24) is 4.98 Å². The first-order valence-electron chi connectivity index (χ1n) is 7.67. The predicted molar refractivity (Wildman–Crippen MR) is 84.7 cm³/mol. The van der Waals surface area contributed by atoms with Crippen molar-refractivity contribution < 1.29 is 4.92 Å². The Kier molecular flexibility index (Phi) is 4.98. The first kappa shape index (κ1) is 15.5. The van der Waals surface area contributed by atoms with E-state index in [4.69, 9.17) is 0 Å². The fraction of sp³-hybridized carbons (Fsp3) is 0.667. The third-order valence-electron chi connectivity index (χ3n) is 4.14. The Bertz CT molecular complexity index is 498. The van der Waals surface area contributed by atoms with Crippen molar-refractivity contribution >= 4 is 17.3 Å². The molecule has 0 aromatic carbocycles. The molecular weight excluding hydrogens is 268 g/mol. The van der Waals surface area contributed by atoms with Gasteiger partial charge in [-0.3, -0.25) is 10.1 Å². The largest absolute Gasteiger partial charge is 0.370 e. The Hall–Kier alpha value is -1.85. The lowest BCUT2D eigenvalue weighted by atomic mass is 9.76. The zero-order valence-corrected chi connectivity index (χ0v) is 12.8. The lowest BCUT2D eigenvalue weighted by molar-refractivity contribution is -0.384. The number of nitrogens with one attached hydrogen (secondary N) is 2. The van der Waals surface area contributed by atoms with E-state index in [9.17, 15) is 10.1 Å². The van der Waals surface area contributed by atoms with Gasteiger partial charge in [-0.05, 0) is 25.2 Å². The van der Waals surface area contributed by atoms with Gasteiger partial charge in [0.1, 0.15) is 11.6 Å². The Morgan fingerprint density at radius 1 is 1.24 bits per heavy atom. The van der Waals surface area contributed by atoms with Crippen molar-refractivity contribution in [2.45, 2.75) is 46.0 Å². The van der Waals surface area contributed by atoms with Crippen molar-refractivity contribution in [3.8, 4) is 0 Å². The quantitative estimate of drug-likeness (QED) is 0.615. The van der Waals surface area contributed by atoms with E-state index >= 15 is 0 Å². The van der Waals surface area contributed by atoms with Gasteiger partial charge in [0.2, 0.25) is 0 Å². The number of anilines is 2. The molecule has 1 aliphatic carbocycles. The first-order valence-corrected chi connectivity index (χ1v) is 7.67. The highest BCUT2D eigenvalue weighted by molar-refractivity contribution is 5.54. The van der Waals surface area contributed by atoms with Crippen molar-refractivity contribution in [2.24, 2.45) is 5.41 Å². The van der Waals surface area contributed by atoms with E-state index in [1.165, 1.54) is 44.2 Å². The topological polar surface area (TPSA) is 80.1 Å². The Balaban J connectivity index is 2.09. The van der Waals surface area contributed by atoms with Gasteiger partial charge in [0.15, 0.2) is 0 Å². The molecule has 0 aliphatic heterocycles. The van der Waals surface area contributed by atoms with E-state index in [0.29, 0.717) is 18.2 Å². The number of hydrogen-bond acceptors (Lipinski definition) is 5. The molecule has 0 bridgehead atoms. The second-order valence-electron chi connectivity index (χ2n) is 6.11. The van der Waals surface area contributed by atoms with Crippen LogP contribution in [0.2, 0.25) is 0 Å². The van der Waals surface area contributed by atoms with Crippen LogP contribution >= 0.6 is 0 Å². The molecule has 0 unspecified atom stereocenters. The molecule has 1 aliphatic rings. The summed E-state index contributed by atoms with van der Waals surface area (Å²) < 4.78 is 0. The van der Waals surface area contributed by atoms with Crippen LogP contribution in [0, 0.1) is 15.5 Å². The highest BCUT2D eigenvalue weighted by Gasteiger charge is 2.26. The average molecular weight is 292 g/mol. The van der Waals surface area contributed by atoms with Gasteiger partial charge in [-0.15, -0.1) is 0 Å². The second kappa shape index (κ2) is 6.74. The molecule has 1 aromatic heterocycles. The summed E-state index contributed by atoms with van der Waals surface area (Å²) in [7, 11) is 0. The van der Waals surface area contributed by atoms with Gasteiger partial charge in [-0.1, -0.05) is 26.2 Å². The van der Waals surface area contributed by atoms with Gasteiger partial charge in [0, 0.05) is 13.1 Å². The summed E-state index contributed by atoms with van der Waals surface area (Å²) in [5.74, 6) is 1.12. The maximum Gasteiger partial charge on any atom is 0.276 e. The van der Waals surface area contributed by atoms with Crippen molar-refractivity contribution in [2.75, 3.05) is 23.7 Å². The molecule has 2 rings (SSSR count). The monoisotopic (exact) mass is 292 g/mol. The van der Waals surface area contributed by atoms with Crippen LogP contribution in [0.4, 0.5) is 17.3 Å². The van der Waals surface area contributed by atoms with Crippen molar-refractivity contribution in [3.05, 3.63) is 22.2 Å². The Labute approximate surface area is 125 Å². The van der Waals surface area contributed by atoms with Crippen LogP contribution in [-0.4, -0.2) is 23.0 Å². The molecule has 2 N–H and O–H groups in total. The Morgan fingerprint density at radius 3 is 2.43 bits per heavy atom. The molecule has 1 fully saturated rings. The zero-order chi connectivity index (χ0) is 15.3. The number of nitrogens with zero attached hydrogens (tertiary/aromatic N) is 2. The summed E-state index contributed by atoms with van der Waals surface area (Å²) in [6, 6.07) is 2.98. The number of hydrogen-bond donors (Lipinski definition) is 2. The van der Waals surface area contributed by atoms with Gasteiger partial charge in [-0.2, -0.15) is 0 Å². The number of aromatic nitrogens is 1. The van der Waals surface area contributed by atoms with E-state index in [-0.39, 0.29) is 16.0 Å². The number of rotatable bonds is 6. The summed E-state index contributed by atoms with van der Waals surface area (Å²) >= 11 is 0. The molecule has 0 atom stereocenters. The molecule has 1 aromatic rings. The van der Waals surface area contributed by atoms with Crippen LogP contribution < -0.4 is 10.6 Å². The fourth-order valence-electron chi connectivity index (χ4n) is 2.87. The lowest BCUT2D eigenvalue weighted by Gasteiger charge is -2.33. The summed E-state index contributed by atoms with van der Waals surface area (Å²) in [6.45, 7) is 5.72. The predicted octanol–water partition coefficient (Wildman–Crippen LogP) is 3.80. The van der Waals surface area contributed by atoms with Gasteiger partial charge in [-0.25, -0.2) is 4.98 Å². The van der Waals surface area contributed by atoms with E-state index in [1.807, 2.05) is 6.92 Å². The fourth-order valence-corrected chi connectivity index (χ4v) is 2.87. The zero-order valence-electron chi connectivity index (χ0n) is 12.8. The molecule has 1 heterocycles. The van der Waals surface area contributed by atoms with Gasteiger partial charge >= 0.3 is 0 Å². The molecule has 6 nitrogen and oxygen atoms in total. The van der Waals surface area contributed by atoms with Gasteiger partial charge in [0.25, 0.3) is 5.69 Å². The molecule has 21 heavy (non-hydrogen) atoms. The normalized spacial score (nSPS) is 17.2. The highest BCUT2D eigenvalue weighted by atomic mass is 16.6. The van der Waals surface area contributed by atoms with Crippen molar-refractivity contribution in [1.29, 1.82) is 0 Å². The maximum absolute atomic E-state index is 11.0. The SMILES string of the molecule is CCNc1cc([N+](=O)[O-])cc(NCC2(C)CCCCC2)n1. The number of nitro groups is 1. The summed E-state index contributed by atoms with van der Waals surface area (Å²) in [5.41, 5.74) is 0.334. The maximum atomic E-state index is 11.0. The van der Waals surface area contributed by atoms with Crippen molar-refractivity contribution in [3.63, 3.8) is 0 Å². The number of pyridine rings is 1. The summed E-state index contributed by atoms with van der Waals surface area (Å²) in [6.07, 6.45) is 6.26. The van der Waals surface area contributed by atoms with E-state index in [2.05, 4.69) is 22.5 Å². The van der Waals surface area contributed by atoms with E-state index in [0.717, 1.165) is 6.54 Å². The van der Waals surface area contributed by atoms with Gasteiger partial charge in [0.05, 0.1) is 17.1 Å². The third-order valence-corrected chi connectivity index (χ3v) is 4.14. The molecule has 6 heteroatoms. The molecule has 116 valence electrons.